The number of carboxylic acid groups (broad SMARTS) is 1. The topological polar surface area (TPSA) is 49.3 Å². The zero-order valence-electron chi connectivity index (χ0n) is 6.80. The van der Waals surface area contributed by atoms with Crippen molar-refractivity contribution in [2.24, 2.45) is 0 Å². The van der Waals surface area contributed by atoms with Crippen molar-refractivity contribution >= 4 is 11.7 Å². The van der Waals surface area contributed by atoms with Crippen LogP contribution in [0.1, 0.15) is 15.9 Å². The molecular formula is C9H8FNO2. The van der Waals surface area contributed by atoms with Crippen LogP contribution < -0.4 is 5.32 Å². The van der Waals surface area contributed by atoms with E-state index in [1.165, 1.54) is 6.07 Å². The second-order valence-electron chi connectivity index (χ2n) is 2.94. The van der Waals surface area contributed by atoms with Crippen LogP contribution in [0.2, 0.25) is 0 Å². The Kier molecular flexibility index (Phi) is 1.69. The average Bonchev–Trinajstić information content (AvgIpc) is 2.52. The van der Waals surface area contributed by atoms with Gasteiger partial charge in [-0.2, -0.15) is 0 Å². The minimum atomic E-state index is -1.22. The fourth-order valence-electron chi connectivity index (χ4n) is 1.52. The lowest BCUT2D eigenvalue weighted by atomic mass is 10.1. The number of carbonyl (C=O) groups is 1. The van der Waals surface area contributed by atoms with E-state index in [0.29, 0.717) is 24.2 Å². The molecule has 13 heavy (non-hydrogen) atoms. The first-order valence-corrected chi connectivity index (χ1v) is 3.98. The molecule has 0 saturated carbocycles. The molecule has 2 rings (SSSR count). The number of anilines is 1. The summed E-state index contributed by atoms with van der Waals surface area (Å²) in [6, 6.07) is 2.89. The Morgan fingerprint density at radius 2 is 2.31 bits per heavy atom. The van der Waals surface area contributed by atoms with Crippen LogP contribution in [-0.2, 0) is 6.42 Å². The van der Waals surface area contributed by atoms with E-state index in [0.717, 1.165) is 0 Å². The molecule has 1 aliphatic rings. The van der Waals surface area contributed by atoms with Gasteiger partial charge in [0.25, 0.3) is 0 Å². The lowest BCUT2D eigenvalue weighted by molar-refractivity contribution is 0.0691. The smallest absolute Gasteiger partial charge is 0.338 e. The molecule has 2 N–H and O–H groups in total. The fraction of sp³-hybridized carbons (Fsp3) is 0.222. The molecule has 0 aromatic heterocycles. The van der Waals surface area contributed by atoms with Crippen molar-refractivity contribution in [1.29, 1.82) is 0 Å². The van der Waals surface area contributed by atoms with Crippen molar-refractivity contribution in [2.75, 3.05) is 11.9 Å². The van der Waals surface area contributed by atoms with Crippen LogP contribution in [0, 0.1) is 5.82 Å². The molecule has 0 aliphatic carbocycles. The van der Waals surface area contributed by atoms with Gasteiger partial charge in [0.15, 0.2) is 0 Å². The van der Waals surface area contributed by atoms with Gasteiger partial charge in [-0.1, -0.05) is 0 Å². The molecule has 0 unspecified atom stereocenters. The number of halogens is 1. The average molecular weight is 181 g/mol. The van der Waals surface area contributed by atoms with Crippen LogP contribution in [0.4, 0.5) is 10.1 Å². The Bertz CT molecular complexity index is 376. The van der Waals surface area contributed by atoms with Gasteiger partial charge in [0.05, 0.1) is 5.56 Å². The molecule has 4 heteroatoms. The molecule has 1 aromatic rings. The van der Waals surface area contributed by atoms with Gasteiger partial charge < -0.3 is 10.4 Å². The van der Waals surface area contributed by atoms with E-state index in [1.54, 1.807) is 6.07 Å². The molecule has 1 aromatic carbocycles. The van der Waals surface area contributed by atoms with Crippen molar-refractivity contribution in [2.45, 2.75) is 6.42 Å². The highest BCUT2D eigenvalue weighted by Gasteiger charge is 2.20. The number of nitrogens with one attached hydrogen (secondary N) is 1. The van der Waals surface area contributed by atoms with Crippen LogP contribution >= 0.6 is 0 Å². The summed E-state index contributed by atoms with van der Waals surface area (Å²) in [5, 5.41) is 11.6. The van der Waals surface area contributed by atoms with Gasteiger partial charge in [-0.25, -0.2) is 9.18 Å². The number of fused-ring (bicyclic) bond motifs is 1. The maximum absolute atomic E-state index is 13.4. The second-order valence-corrected chi connectivity index (χ2v) is 2.94. The Morgan fingerprint density at radius 1 is 1.54 bits per heavy atom. The van der Waals surface area contributed by atoms with Crippen molar-refractivity contribution in [3.8, 4) is 0 Å². The Balaban J connectivity index is 2.59. The maximum atomic E-state index is 13.4. The Labute approximate surface area is 74.2 Å². The van der Waals surface area contributed by atoms with E-state index in [9.17, 15) is 9.18 Å². The van der Waals surface area contributed by atoms with Gasteiger partial charge in [-0.05, 0) is 18.6 Å². The van der Waals surface area contributed by atoms with Crippen LogP contribution in [0.25, 0.3) is 0 Å². The van der Waals surface area contributed by atoms with E-state index in [4.69, 9.17) is 5.11 Å². The quantitative estimate of drug-likeness (QED) is 0.690. The monoisotopic (exact) mass is 181 g/mol. The molecule has 0 amide bonds. The largest absolute Gasteiger partial charge is 0.478 e. The molecule has 3 nitrogen and oxygen atoms in total. The highest BCUT2D eigenvalue weighted by Crippen LogP contribution is 2.26. The Hall–Kier alpha value is -1.58. The third-order valence-corrected chi connectivity index (χ3v) is 2.16. The minimum Gasteiger partial charge on any atom is -0.478 e. The molecule has 1 aliphatic heterocycles. The van der Waals surface area contributed by atoms with Gasteiger partial charge in [0, 0.05) is 17.8 Å². The molecule has 68 valence electrons. The van der Waals surface area contributed by atoms with Gasteiger partial charge in [-0.3, -0.25) is 0 Å². The maximum Gasteiger partial charge on any atom is 0.338 e. The predicted octanol–water partition coefficient (Wildman–Crippen LogP) is 1.49. The van der Waals surface area contributed by atoms with Crippen LogP contribution in [0.3, 0.4) is 0 Å². The van der Waals surface area contributed by atoms with E-state index in [-0.39, 0.29) is 5.56 Å². The van der Waals surface area contributed by atoms with Gasteiger partial charge in [0.1, 0.15) is 5.82 Å². The molecule has 0 atom stereocenters. The van der Waals surface area contributed by atoms with Gasteiger partial charge in [0.2, 0.25) is 0 Å². The normalized spacial score (nSPS) is 13.6. The zero-order valence-corrected chi connectivity index (χ0v) is 6.80. The fourth-order valence-corrected chi connectivity index (χ4v) is 1.52. The number of benzene rings is 1. The first-order valence-electron chi connectivity index (χ1n) is 3.98. The standard InChI is InChI=1S/C9H8FNO2/c10-8-5-3-4-11-7(5)2-1-6(8)9(12)13/h1-2,11H,3-4H2,(H,12,13). The first-order chi connectivity index (χ1) is 6.20. The summed E-state index contributed by atoms with van der Waals surface area (Å²) in [5.74, 6) is -1.82. The predicted molar refractivity (Wildman–Crippen MR) is 45.6 cm³/mol. The number of carboxylic acids is 1. The zero-order chi connectivity index (χ0) is 9.42. The summed E-state index contributed by atoms with van der Waals surface area (Å²) in [5.41, 5.74) is 0.949. The van der Waals surface area contributed by atoms with E-state index in [2.05, 4.69) is 5.32 Å². The molecule has 0 spiro atoms. The Morgan fingerprint density at radius 3 is 3.00 bits per heavy atom. The number of hydrogen-bond acceptors (Lipinski definition) is 2. The summed E-state index contributed by atoms with van der Waals surface area (Å²) in [6.07, 6.45) is 0.558. The number of hydrogen-bond donors (Lipinski definition) is 2. The summed E-state index contributed by atoms with van der Waals surface area (Å²) >= 11 is 0. The third-order valence-electron chi connectivity index (χ3n) is 2.16. The van der Waals surface area contributed by atoms with Crippen molar-refractivity contribution in [3.63, 3.8) is 0 Å². The second kappa shape index (κ2) is 2.73. The molecule has 0 fully saturated rings. The van der Waals surface area contributed by atoms with Gasteiger partial charge >= 0.3 is 5.97 Å². The molecule has 0 saturated heterocycles. The summed E-state index contributed by atoms with van der Waals surface area (Å²) in [6.45, 7) is 0.676. The molecular weight excluding hydrogens is 173 g/mol. The highest BCUT2D eigenvalue weighted by atomic mass is 19.1. The summed E-state index contributed by atoms with van der Waals surface area (Å²) in [4.78, 5) is 10.6. The number of rotatable bonds is 1. The first kappa shape index (κ1) is 8.04. The molecule has 0 radical (unpaired) electrons. The van der Waals surface area contributed by atoms with Gasteiger partial charge in [-0.15, -0.1) is 0 Å². The third kappa shape index (κ3) is 1.14. The minimum absolute atomic E-state index is 0.248. The van der Waals surface area contributed by atoms with Crippen molar-refractivity contribution in [1.82, 2.24) is 0 Å². The summed E-state index contributed by atoms with van der Waals surface area (Å²) in [7, 11) is 0. The van der Waals surface area contributed by atoms with Crippen LogP contribution in [-0.4, -0.2) is 17.6 Å². The lowest BCUT2D eigenvalue weighted by Gasteiger charge is -2.03. The van der Waals surface area contributed by atoms with Crippen molar-refractivity contribution in [3.05, 3.63) is 29.1 Å². The van der Waals surface area contributed by atoms with E-state index < -0.39 is 11.8 Å². The highest BCUT2D eigenvalue weighted by molar-refractivity contribution is 5.89. The van der Waals surface area contributed by atoms with Crippen molar-refractivity contribution < 1.29 is 14.3 Å². The molecule has 1 heterocycles. The van der Waals surface area contributed by atoms with Crippen LogP contribution in [0.5, 0.6) is 0 Å². The number of aromatic carboxylic acids is 1. The van der Waals surface area contributed by atoms with E-state index in [1.807, 2.05) is 0 Å². The van der Waals surface area contributed by atoms with E-state index >= 15 is 0 Å². The summed E-state index contributed by atoms with van der Waals surface area (Å²) < 4.78 is 13.4. The lowest BCUT2D eigenvalue weighted by Crippen LogP contribution is -2.02. The van der Waals surface area contributed by atoms with Crippen LogP contribution in [0.15, 0.2) is 12.1 Å². The molecule has 0 bridgehead atoms. The SMILES string of the molecule is O=C(O)c1ccc2c(c1F)CCN2.